The third-order valence-corrected chi connectivity index (χ3v) is 10.3. The molecule has 0 saturated heterocycles. The van der Waals surface area contributed by atoms with Crippen LogP contribution in [0.2, 0.25) is 0 Å². The number of rotatable bonds is 7. The van der Waals surface area contributed by atoms with Gasteiger partial charge in [0.05, 0.1) is 10.8 Å². The third kappa shape index (κ3) is 4.03. The molecule has 0 unspecified atom stereocenters. The Bertz CT molecular complexity index is 559. The highest BCUT2D eigenvalue weighted by Crippen LogP contribution is 2.66. The number of carbonyl (C=O) groups is 1. The second-order valence-electron chi connectivity index (χ2n) is 11.9. The molecule has 0 aliphatic heterocycles. The molecule has 30 heavy (non-hydrogen) atoms. The van der Waals surface area contributed by atoms with Crippen LogP contribution in [0.5, 0.6) is 0 Å². The van der Waals surface area contributed by atoms with Crippen LogP contribution in [0.25, 0.3) is 0 Å². The van der Waals surface area contributed by atoms with E-state index in [-0.39, 0.29) is 0 Å². The summed E-state index contributed by atoms with van der Waals surface area (Å²) >= 11 is 0. The van der Waals surface area contributed by atoms with E-state index in [4.69, 9.17) is 0 Å². The first-order valence-electron chi connectivity index (χ1n) is 13.7. The van der Waals surface area contributed by atoms with Gasteiger partial charge in [-0.25, -0.2) is 4.39 Å². The van der Waals surface area contributed by atoms with Gasteiger partial charge in [0.15, 0.2) is 5.78 Å². The topological polar surface area (TPSA) is 17.1 Å². The molecule has 0 amide bonds. The quantitative estimate of drug-likeness (QED) is 0.379. The van der Waals surface area contributed by atoms with Crippen LogP contribution < -0.4 is 0 Å². The first kappa shape index (κ1) is 22.8. The van der Waals surface area contributed by atoms with Crippen molar-refractivity contribution in [2.45, 2.75) is 136 Å². The van der Waals surface area contributed by atoms with Crippen molar-refractivity contribution in [1.29, 1.82) is 0 Å². The van der Waals surface area contributed by atoms with Gasteiger partial charge in [0.1, 0.15) is 6.17 Å². The van der Waals surface area contributed by atoms with E-state index in [1.807, 2.05) is 0 Å². The molecule has 1 nitrogen and oxygen atoms in total. The second kappa shape index (κ2) is 9.62. The Morgan fingerprint density at radius 1 is 0.700 bits per heavy atom. The smallest absolute Gasteiger partial charge is 0.151 e. The van der Waals surface area contributed by atoms with Crippen molar-refractivity contribution >= 4 is 5.78 Å². The third-order valence-electron chi connectivity index (χ3n) is 10.3. The summed E-state index contributed by atoms with van der Waals surface area (Å²) in [5.74, 6) is 3.69. The van der Waals surface area contributed by atoms with Crippen LogP contribution in [-0.4, -0.2) is 12.0 Å². The number of alkyl halides is 1. The summed E-state index contributed by atoms with van der Waals surface area (Å²) in [6.07, 6.45) is 20.6. The number of ketones is 1. The molecule has 0 aromatic heterocycles. The van der Waals surface area contributed by atoms with Crippen LogP contribution in [0.15, 0.2) is 0 Å². The van der Waals surface area contributed by atoms with Crippen molar-refractivity contribution in [2.24, 2.45) is 34.5 Å². The predicted molar refractivity (Wildman–Crippen MR) is 123 cm³/mol. The van der Waals surface area contributed by atoms with Crippen LogP contribution in [0, 0.1) is 34.5 Å². The minimum absolute atomic E-state index is 0.357. The molecule has 0 aromatic carbocycles. The molecule has 4 saturated carbocycles. The Morgan fingerprint density at radius 2 is 1.23 bits per heavy atom. The van der Waals surface area contributed by atoms with E-state index in [2.05, 4.69) is 13.8 Å². The summed E-state index contributed by atoms with van der Waals surface area (Å²) in [4.78, 5) is 13.4. The monoisotopic (exact) mass is 418 g/mol. The summed E-state index contributed by atoms with van der Waals surface area (Å²) in [6.45, 7) is 4.53. The summed E-state index contributed by atoms with van der Waals surface area (Å²) in [7, 11) is 0. The molecule has 0 radical (unpaired) electrons. The zero-order valence-corrected chi connectivity index (χ0v) is 19.9. The summed E-state index contributed by atoms with van der Waals surface area (Å²) in [5.41, 5.74) is -1.13. The molecule has 4 rings (SSSR count). The summed E-state index contributed by atoms with van der Waals surface area (Å²) in [5, 5.41) is 0. The van der Waals surface area contributed by atoms with Crippen molar-refractivity contribution in [3.05, 3.63) is 0 Å². The maximum absolute atomic E-state index is 15.7. The largest absolute Gasteiger partial charge is 0.298 e. The Hall–Kier alpha value is -0.400. The van der Waals surface area contributed by atoms with Gasteiger partial charge in [-0.2, -0.15) is 0 Å². The predicted octanol–water partition coefficient (Wildman–Crippen LogP) is 8.45. The van der Waals surface area contributed by atoms with E-state index in [0.29, 0.717) is 5.78 Å². The van der Waals surface area contributed by atoms with Gasteiger partial charge in [-0.1, -0.05) is 65.2 Å². The van der Waals surface area contributed by atoms with Crippen LogP contribution >= 0.6 is 0 Å². The number of carbonyl (C=O) groups excluding carboxylic acids is 1. The lowest BCUT2D eigenvalue weighted by Gasteiger charge is -2.61. The fraction of sp³-hybridized carbons (Fsp3) is 0.964. The van der Waals surface area contributed by atoms with Gasteiger partial charge in [-0.3, -0.25) is 4.79 Å². The van der Waals surface area contributed by atoms with E-state index in [1.165, 1.54) is 64.2 Å². The molecule has 0 N–H and O–H groups in total. The standard InChI is InChI=1S/C28H47FO/c1-3-5-6-8-22-9-11-23(12-10-22)24-15-19-28(20-16-24)25(29)27(26(28)30)17-13-21(7-4-2)14-18-27/h21-25H,3-20H2,1-2H3/t21?,22?,23?,24?,25-,27-,28-/m1/s1. The van der Waals surface area contributed by atoms with E-state index in [9.17, 15) is 4.79 Å². The van der Waals surface area contributed by atoms with Gasteiger partial charge >= 0.3 is 0 Å². The molecule has 2 spiro atoms. The maximum Gasteiger partial charge on any atom is 0.151 e. The zero-order valence-electron chi connectivity index (χ0n) is 19.9. The fourth-order valence-electron chi connectivity index (χ4n) is 8.29. The number of hydrogen-bond donors (Lipinski definition) is 0. The molecular weight excluding hydrogens is 371 g/mol. The Morgan fingerprint density at radius 3 is 1.77 bits per heavy atom. The lowest BCUT2D eigenvalue weighted by Crippen LogP contribution is -2.69. The average Bonchev–Trinajstić information content (AvgIpc) is 2.80. The minimum Gasteiger partial charge on any atom is -0.298 e. The Labute approximate surface area is 185 Å². The average molecular weight is 419 g/mol. The van der Waals surface area contributed by atoms with E-state index >= 15 is 4.39 Å². The Balaban J connectivity index is 1.25. The highest BCUT2D eigenvalue weighted by Gasteiger charge is 2.71. The van der Waals surface area contributed by atoms with Crippen molar-refractivity contribution in [3.63, 3.8) is 0 Å². The van der Waals surface area contributed by atoms with Gasteiger partial charge in [0.2, 0.25) is 0 Å². The lowest BCUT2D eigenvalue weighted by molar-refractivity contribution is -0.194. The highest BCUT2D eigenvalue weighted by molar-refractivity contribution is 5.98. The highest BCUT2D eigenvalue weighted by atomic mass is 19.1. The van der Waals surface area contributed by atoms with Crippen LogP contribution in [0.4, 0.5) is 4.39 Å². The number of Topliss-reactive ketones (excluding diaryl/α,β-unsaturated/α-hetero) is 1. The van der Waals surface area contributed by atoms with E-state index in [0.717, 1.165) is 75.0 Å². The van der Waals surface area contributed by atoms with Gasteiger partial charge in [0, 0.05) is 0 Å². The molecule has 2 heteroatoms. The molecule has 4 fully saturated rings. The van der Waals surface area contributed by atoms with Crippen molar-refractivity contribution in [2.75, 3.05) is 0 Å². The van der Waals surface area contributed by atoms with Crippen LogP contribution in [0.3, 0.4) is 0 Å². The number of halogens is 1. The lowest BCUT2D eigenvalue weighted by atomic mass is 9.41. The molecule has 0 heterocycles. The van der Waals surface area contributed by atoms with Gasteiger partial charge < -0.3 is 0 Å². The number of unbranched alkanes of at least 4 members (excludes halogenated alkanes) is 2. The molecule has 0 aromatic rings. The van der Waals surface area contributed by atoms with Gasteiger partial charge in [0.25, 0.3) is 0 Å². The van der Waals surface area contributed by atoms with Crippen molar-refractivity contribution in [1.82, 2.24) is 0 Å². The maximum atomic E-state index is 15.7. The van der Waals surface area contributed by atoms with Crippen LogP contribution in [0.1, 0.15) is 129 Å². The first-order chi connectivity index (χ1) is 14.6. The van der Waals surface area contributed by atoms with Crippen molar-refractivity contribution < 1.29 is 9.18 Å². The molecule has 1 atom stereocenters. The zero-order chi connectivity index (χ0) is 21.2. The normalized spacial score (nSPS) is 44.4. The van der Waals surface area contributed by atoms with Crippen molar-refractivity contribution in [3.8, 4) is 0 Å². The summed E-state index contributed by atoms with van der Waals surface area (Å²) < 4.78 is 15.7. The van der Waals surface area contributed by atoms with Gasteiger partial charge in [-0.15, -0.1) is 0 Å². The molecule has 172 valence electrons. The molecule has 4 aliphatic carbocycles. The molecular formula is C28H47FO. The number of hydrogen-bond acceptors (Lipinski definition) is 1. The summed E-state index contributed by atoms with van der Waals surface area (Å²) in [6, 6.07) is 0. The van der Waals surface area contributed by atoms with Crippen LogP contribution in [-0.2, 0) is 4.79 Å². The minimum atomic E-state index is -0.838. The first-order valence-corrected chi connectivity index (χ1v) is 13.7. The van der Waals surface area contributed by atoms with E-state index in [1.54, 1.807) is 0 Å². The Kier molecular flexibility index (Phi) is 7.30. The second-order valence-corrected chi connectivity index (χ2v) is 11.9. The molecule has 0 bridgehead atoms. The SMILES string of the molecule is CCCCCC1CCC(C2CC[C@]3(CC2)C(=O)[C@@]2(CCC(CCC)CC2)[C@H]3F)CC1. The van der Waals surface area contributed by atoms with Gasteiger partial charge in [-0.05, 0) is 87.9 Å². The molecule has 4 aliphatic rings. The van der Waals surface area contributed by atoms with E-state index < -0.39 is 17.0 Å². The fourth-order valence-corrected chi connectivity index (χ4v) is 8.29.